The van der Waals surface area contributed by atoms with Crippen LogP contribution < -0.4 is 4.74 Å². The average Bonchev–Trinajstić information content (AvgIpc) is 2.81. The number of para-hydroxylation sites is 1. The molecule has 0 aliphatic rings. The number of furan rings is 1. The van der Waals surface area contributed by atoms with Crippen LogP contribution in [0.1, 0.15) is 36.9 Å². The lowest BCUT2D eigenvalue weighted by molar-refractivity contribution is 0.0698. The molecule has 2 aromatic rings. The van der Waals surface area contributed by atoms with E-state index in [9.17, 15) is 4.79 Å². The minimum atomic E-state index is -0.475. The summed E-state index contributed by atoms with van der Waals surface area (Å²) in [5.74, 6) is 0.307. The smallest absolute Gasteiger partial charge is 0.379 e. The highest BCUT2D eigenvalue weighted by atomic mass is 16.5. The molecule has 0 aliphatic carbocycles. The molecular formula is C15H16O3. The Morgan fingerprint density at radius 3 is 2.44 bits per heavy atom. The van der Waals surface area contributed by atoms with Gasteiger partial charge in [-0.1, -0.05) is 39.0 Å². The summed E-state index contributed by atoms with van der Waals surface area (Å²) in [5, 5.41) is 0. The van der Waals surface area contributed by atoms with Crippen molar-refractivity contribution in [3.05, 3.63) is 54.0 Å². The van der Waals surface area contributed by atoms with Crippen molar-refractivity contribution in [1.29, 1.82) is 0 Å². The summed E-state index contributed by atoms with van der Waals surface area (Å²) >= 11 is 0. The molecule has 0 radical (unpaired) electrons. The highest BCUT2D eigenvalue weighted by Crippen LogP contribution is 2.31. The Morgan fingerprint density at radius 2 is 1.83 bits per heavy atom. The zero-order valence-corrected chi connectivity index (χ0v) is 10.8. The fraction of sp³-hybridized carbons (Fsp3) is 0.267. The number of hydrogen-bond acceptors (Lipinski definition) is 3. The van der Waals surface area contributed by atoms with Gasteiger partial charge in [0.15, 0.2) is 0 Å². The first-order valence-electron chi connectivity index (χ1n) is 5.83. The highest BCUT2D eigenvalue weighted by Gasteiger charge is 2.21. The molecule has 0 bridgehead atoms. The molecule has 0 aliphatic heterocycles. The third-order valence-corrected chi connectivity index (χ3v) is 2.62. The van der Waals surface area contributed by atoms with Gasteiger partial charge in [0.05, 0.1) is 6.26 Å². The van der Waals surface area contributed by atoms with Crippen molar-refractivity contribution in [2.45, 2.75) is 26.2 Å². The molecule has 18 heavy (non-hydrogen) atoms. The van der Waals surface area contributed by atoms with E-state index in [-0.39, 0.29) is 11.2 Å². The second kappa shape index (κ2) is 4.69. The van der Waals surface area contributed by atoms with Crippen LogP contribution in [0.15, 0.2) is 47.1 Å². The van der Waals surface area contributed by atoms with Crippen molar-refractivity contribution < 1.29 is 13.9 Å². The molecule has 2 rings (SSSR count). The summed E-state index contributed by atoms with van der Waals surface area (Å²) in [6.45, 7) is 6.23. The van der Waals surface area contributed by atoms with Crippen molar-refractivity contribution in [3.63, 3.8) is 0 Å². The summed E-state index contributed by atoms with van der Waals surface area (Å²) in [4.78, 5) is 11.8. The second-order valence-corrected chi connectivity index (χ2v) is 5.11. The van der Waals surface area contributed by atoms with E-state index in [1.54, 1.807) is 18.2 Å². The summed E-state index contributed by atoms with van der Waals surface area (Å²) in [5.41, 5.74) is 0.907. The molecule has 0 atom stereocenters. The van der Waals surface area contributed by atoms with Gasteiger partial charge in [0, 0.05) is 5.56 Å². The van der Waals surface area contributed by atoms with Crippen molar-refractivity contribution in [3.8, 4) is 5.75 Å². The van der Waals surface area contributed by atoms with Gasteiger partial charge in [-0.05, 0) is 23.6 Å². The van der Waals surface area contributed by atoms with E-state index in [0.717, 1.165) is 5.56 Å². The van der Waals surface area contributed by atoms with Gasteiger partial charge in [0.25, 0.3) is 0 Å². The molecule has 3 nitrogen and oxygen atoms in total. The number of carbonyl (C=O) groups is 1. The Hall–Kier alpha value is -2.03. The molecule has 0 spiro atoms. The van der Waals surface area contributed by atoms with Crippen LogP contribution in [0.5, 0.6) is 5.75 Å². The van der Waals surface area contributed by atoms with Crippen LogP contribution >= 0.6 is 0 Å². The molecule has 0 N–H and O–H groups in total. The SMILES string of the molecule is CC(C)(C)c1ccccc1OC(=O)c1ccco1. The largest absolute Gasteiger partial charge is 0.457 e. The number of carbonyl (C=O) groups excluding carboxylic acids is 1. The lowest BCUT2D eigenvalue weighted by Gasteiger charge is -2.21. The van der Waals surface area contributed by atoms with E-state index < -0.39 is 5.97 Å². The molecule has 1 aromatic carbocycles. The molecule has 3 heteroatoms. The zero-order chi connectivity index (χ0) is 13.2. The first kappa shape index (κ1) is 12.4. The third-order valence-electron chi connectivity index (χ3n) is 2.62. The lowest BCUT2D eigenvalue weighted by Crippen LogP contribution is -2.16. The topological polar surface area (TPSA) is 39.4 Å². The van der Waals surface area contributed by atoms with Crippen LogP contribution in [0.25, 0.3) is 0 Å². The number of hydrogen-bond donors (Lipinski definition) is 0. The highest BCUT2D eigenvalue weighted by molar-refractivity contribution is 5.88. The predicted molar refractivity (Wildman–Crippen MR) is 68.8 cm³/mol. The molecular weight excluding hydrogens is 228 g/mol. The van der Waals surface area contributed by atoms with Gasteiger partial charge >= 0.3 is 5.97 Å². The molecule has 0 saturated carbocycles. The maximum absolute atomic E-state index is 11.8. The fourth-order valence-electron chi connectivity index (χ4n) is 1.72. The van der Waals surface area contributed by atoms with E-state index >= 15 is 0 Å². The first-order valence-corrected chi connectivity index (χ1v) is 5.83. The van der Waals surface area contributed by atoms with Gasteiger partial charge in [0.1, 0.15) is 5.75 Å². The van der Waals surface area contributed by atoms with Crippen LogP contribution in [-0.4, -0.2) is 5.97 Å². The van der Waals surface area contributed by atoms with Gasteiger partial charge in [-0.15, -0.1) is 0 Å². The van der Waals surface area contributed by atoms with Crippen molar-refractivity contribution >= 4 is 5.97 Å². The maximum atomic E-state index is 11.8. The molecule has 94 valence electrons. The monoisotopic (exact) mass is 244 g/mol. The number of rotatable bonds is 2. The van der Waals surface area contributed by atoms with Gasteiger partial charge in [-0.2, -0.15) is 0 Å². The summed E-state index contributed by atoms with van der Waals surface area (Å²) in [7, 11) is 0. The minimum absolute atomic E-state index is 0.0833. The van der Waals surface area contributed by atoms with E-state index in [1.165, 1.54) is 6.26 Å². The van der Waals surface area contributed by atoms with Crippen LogP contribution in [0.3, 0.4) is 0 Å². The van der Waals surface area contributed by atoms with Crippen LogP contribution in [0, 0.1) is 0 Å². The fourth-order valence-corrected chi connectivity index (χ4v) is 1.72. The molecule has 0 amide bonds. The average molecular weight is 244 g/mol. The van der Waals surface area contributed by atoms with Crippen LogP contribution in [-0.2, 0) is 5.41 Å². The van der Waals surface area contributed by atoms with Crippen LogP contribution in [0.4, 0.5) is 0 Å². The van der Waals surface area contributed by atoms with Crippen molar-refractivity contribution in [2.24, 2.45) is 0 Å². The molecule has 0 fully saturated rings. The Labute approximate surface area is 106 Å². The summed E-state index contributed by atoms with van der Waals surface area (Å²) < 4.78 is 10.4. The standard InChI is InChI=1S/C15H16O3/c1-15(2,3)11-7-4-5-8-12(11)18-14(16)13-9-6-10-17-13/h4-10H,1-3H3. The minimum Gasteiger partial charge on any atom is -0.457 e. The molecule has 1 aromatic heterocycles. The Kier molecular flexibility index (Phi) is 3.24. The number of benzene rings is 1. The number of esters is 1. The predicted octanol–water partition coefficient (Wildman–Crippen LogP) is 3.80. The molecule has 0 saturated heterocycles. The van der Waals surface area contributed by atoms with E-state index in [1.807, 2.05) is 18.2 Å². The Morgan fingerprint density at radius 1 is 1.11 bits per heavy atom. The van der Waals surface area contributed by atoms with Gasteiger partial charge in [-0.3, -0.25) is 0 Å². The number of ether oxygens (including phenoxy) is 1. The van der Waals surface area contributed by atoms with Crippen molar-refractivity contribution in [2.75, 3.05) is 0 Å². The van der Waals surface area contributed by atoms with Gasteiger partial charge in [0.2, 0.25) is 5.76 Å². The molecule has 0 unspecified atom stereocenters. The zero-order valence-electron chi connectivity index (χ0n) is 10.8. The Bertz CT molecular complexity index is 533. The van der Waals surface area contributed by atoms with E-state index in [4.69, 9.17) is 9.15 Å². The van der Waals surface area contributed by atoms with Gasteiger partial charge in [-0.25, -0.2) is 4.79 Å². The summed E-state index contributed by atoms with van der Waals surface area (Å²) in [6.07, 6.45) is 1.45. The third kappa shape index (κ3) is 2.62. The van der Waals surface area contributed by atoms with E-state index in [2.05, 4.69) is 20.8 Å². The van der Waals surface area contributed by atoms with Crippen molar-refractivity contribution in [1.82, 2.24) is 0 Å². The normalized spacial score (nSPS) is 11.3. The second-order valence-electron chi connectivity index (χ2n) is 5.11. The lowest BCUT2D eigenvalue weighted by atomic mass is 9.86. The maximum Gasteiger partial charge on any atom is 0.379 e. The van der Waals surface area contributed by atoms with E-state index in [0.29, 0.717) is 5.75 Å². The summed E-state index contributed by atoms with van der Waals surface area (Å²) in [6, 6.07) is 10.8. The first-order chi connectivity index (χ1) is 8.48. The molecule has 1 heterocycles. The van der Waals surface area contributed by atoms with Gasteiger partial charge < -0.3 is 9.15 Å². The Balaban J connectivity index is 2.27. The quantitative estimate of drug-likeness (QED) is 0.596. The van der Waals surface area contributed by atoms with Crippen LogP contribution in [0.2, 0.25) is 0 Å².